The van der Waals surface area contributed by atoms with Gasteiger partial charge in [0, 0.05) is 18.5 Å². The fourth-order valence-corrected chi connectivity index (χ4v) is 2.34. The van der Waals surface area contributed by atoms with Gasteiger partial charge in [-0.05, 0) is 18.1 Å². The van der Waals surface area contributed by atoms with Crippen molar-refractivity contribution in [3.05, 3.63) is 29.8 Å². The Hall–Kier alpha value is -1.84. The van der Waals surface area contributed by atoms with E-state index in [4.69, 9.17) is 0 Å². The van der Waals surface area contributed by atoms with Gasteiger partial charge >= 0.3 is 5.97 Å². The summed E-state index contributed by atoms with van der Waals surface area (Å²) in [5.74, 6) is -1.02. The second-order valence-electron chi connectivity index (χ2n) is 4.55. The summed E-state index contributed by atoms with van der Waals surface area (Å²) >= 11 is 0. The number of carboxylic acids is 1. The average molecular weight is 247 g/mol. The molecular formula is C14H17NO3. The predicted molar refractivity (Wildman–Crippen MR) is 68.6 cm³/mol. The molecule has 1 amide bonds. The first-order valence-corrected chi connectivity index (χ1v) is 6.28. The minimum absolute atomic E-state index is 0.0887. The minimum Gasteiger partial charge on any atom is -0.480 e. The van der Waals surface area contributed by atoms with Gasteiger partial charge in [0.25, 0.3) is 0 Å². The van der Waals surface area contributed by atoms with Gasteiger partial charge in [-0.15, -0.1) is 0 Å². The summed E-state index contributed by atoms with van der Waals surface area (Å²) in [5, 5.41) is 9.24. The zero-order valence-corrected chi connectivity index (χ0v) is 10.4. The lowest BCUT2D eigenvalue weighted by Gasteiger charge is -2.22. The van der Waals surface area contributed by atoms with E-state index >= 15 is 0 Å². The van der Waals surface area contributed by atoms with Crippen molar-refractivity contribution >= 4 is 17.6 Å². The molecule has 0 fully saturated rings. The Morgan fingerprint density at radius 1 is 1.39 bits per heavy atom. The smallest absolute Gasteiger partial charge is 0.327 e. The highest BCUT2D eigenvalue weighted by Crippen LogP contribution is 2.32. The van der Waals surface area contributed by atoms with E-state index in [2.05, 4.69) is 0 Å². The van der Waals surface area contributed by atoms with Crippen LogP contribution in [0.4, 0.5) is 5.69 Å². The van der Waals surface area contributed by atoms with Gasteiger partial charge in [-0.3, -0.25) is 9.69 Å². The van der Waals surface area contributed by atoms with Gasteiger partial charge in [-0.1, -0.05) is 31.5 Å². The normalized spacial score (nSPS) is 17.6. The number of hydrogen-bond donors (Lipinski definition) is 1. The van der Waals surface area contributed by atoms with Crippen LogP contribution >= 0.6 is 0 Å². The largest absolute Gasteiger partial charge is 0.480 e. The van der Waals surface area contributed by atoms with Crippen LogP contribution in [-0.2, 0) is 16.0 Å². The molecule has 0 radical (unpaired) electrons. The first-order valence-electron chi connectivity index (χ1n) is 6.28. The summed E-state index contributed by atoms with van der Waals surface area (Å²) in [7, 11) is 0. The fraction of sp³-hybridized carbons (Fsp3) is 0.429. The van der Waals surface area contributed by atoms with E-state index < -0.39 is 12.0 Å². The van der Waals surface area contributed by atoms with Crippen molar-refractivity contribution in [1.29, 1.82) is 0 Å². The van der Waals surface area contributed by atoms with Gasteiger partial charge in [0.2, 0.25) is 5.91 Å². The Kier molecular flexibility index (Phi) is 3.65. The highest BCUT2D eigenvalue weighted by molar-refractivity contribution is 6.01. The number of anilines is 1. The number of para-hydroxylation sites is 1. The second-order valence-corrected chi connectivity index (χ2v) is 4.55. The van der Waals surface area contributed by atoms with Crippen LogP contribution in [0.25, 0.3) is 0 Å². The lowest BCUT2D eigenvalue weighted by Crippen LogP contribution is -2.42. The highest BCUT2D eigenvalue weighted by Gasteiger charge is 2.37. The summed E-state index contributed by atoms with van der Waals surface area (Å²) in [5.41, 5.74) is 1.70. The number of benzene rings is 1. The summed E-state index contributed by atoms with van der Waals surface area (Å²) in [6, 6.07) is 6.67. The van der Waals surface area contributed by atoms with E-state index in [9.17, 15) is 14.7 Å². The molecule has 1 heterocycles. The maximum absolute atomic E-state index is 12.1. The molecule has 0 aromatic heterocycles. The lowest BCUT2D eigenvalue weighted by atomic mass is 10.1. The monoisotopic (exact) mass is 247 g/mol. The molecule has 1 aromatic rings. The molecule has 1 N–H and O–H groups in total. The van der Waals surface area contributed by atoms with E-state index in [-0.39, 0.29) is 5.91 Å². The van der Waals surface area contributed by atoms with Crippen LogP contribution in [0.15, 0.2) is 24.3 Å². The summed E-state index contributed by atoms with van der Waals surface area (Å²) in [6.45, 7) is 2.01. The van der Waals surface area contributed by atoms with Crippen LogP contribution in [0.5, 0.6) is 0 Å². The van der Waals surface area contributed by atoms with Crippen LogP contribution in [0.2, 0.25) is 0 Å². The molecule has 4 heteroatoms. The molecule has 4 nitrogen and oxygen atoms in total. The van der Waals surface area contributed by atoms with E-state index in [0.717, 1.165) is 24.1 Å². The van der Waals surface area contributed by atoms with Gasteiger partial charge in [0.15, 0.2) is 0 Å². The Morgan fingerprint density at radius 2 is 2.11 bits per heavy atom. The van der Waals surface area contributed by atoms with Crippen molar-refractivity contribution < 1.29 is 14.7 Å². The van der Waals surface area contributed by atoms with Gasteiger partial charge < -0.3 is 5.11 Å². The standard InChI is InChI=1S/C14H17NO3/c1-2-3-8-13(16)15-11-7-5-4-6-10(11)9-12(15)14(17)18/h4-7,12H,2-3,8-9H2,1H3,(H,17,18). The minimum atomic E-state index is -0.934. The Labute approximate surface area is 106 Å². The predicted octanol–water partition coefficient (Wildman–Crippen LogP) is 2.22. The molecule has 1 aliphatic rings. The third kappa shape index (κ3) is 2.23. The number of nitrogens with zero attached hydrogens (tertiary/aromatic N) is 1. The maximum atomic E-state index is 12.1. The van der Waals surface area contributed by atoms with E-state index in [0.29, 0.717) is 12.8 Å². The SMILES string of the molecule is CCCCC(=O)N1c2ccccc2CC1C(=O)O. The molecule has 0 aliphatic carbocycles. The number of fused-ring (bicyclic) bond motifs is 1. The number of carbonyl (C=O) groups is 2. The fourth-order valence-electron chi connectivity index (χ4n) is 2.34. The van der Waals surface area contributed by atoms with Gasteiger partial charge in [0.1, 0.15) is 6.04 Å². The molecule has 96 valence electrons. The van der Waals surface area contributed by atoms with Gasteiger partial charge in [-0.25, -0.2) is 4.79 Å². The molecule has 18 heavy (non-hydrogen) atoms. The van der Waals surface area contributed by atoms with Crippen molar-refractivity contribution in [2.24, 2.45) is 0 Å². The van der Waals surface area contributed by atoms with Crippen LogP contribution in [0.1, 0.15) is 31.7 Å². The summed E-state index contributed by atoms with van der Waals surface area (Å²) < 4.78 is 0. The lowest BCUT2D eigenvalue weighted by molar-refractivity contribution is -0.139. The topological polar surface area (TPSA) is 57.6 Å². The summed E-state index contributed by atoms with van der Waals surface area (Å²) in [4.78, 5) is 24.9. The zero-order chi connectivity index (χ0) is 13.1. The molecule has 0 saturated carbocycles. The number of aliphatic carboxylic acids is 1. The Morgan fingerprint density at radius 3 is 2.78 bits per heavy atom. The second kappa shape index (κ2) is 5.21. The third-order valence-electron chi connectivity index (χ3n) is 3.27. The van der Waals surface area contributed by atoms with Crippen LogP contribution < -0.4 is 4.90 Å². The molecule has 0 saturated heterocycles. The molecule has 1 atom stereocenters. The molecule has 1 unspecified atom stereocenters. The molecular weight excluding hydrogens is 230 g/mol. The van der Waals surface area contributed by atoms with Crippen LogP contribution in [0, 0.1) is 0 Å². The Balaban J connectivity index is 2.28. The molecule has 0 bridgehead atoms. The zero-order valence-electron chi connectivity index (χ0n) is 10.4. The molecule has 2 rings (SSSR count). The highest BCUT2D eigenvalue weighted by atomic mass is 16.4. The Bertz CT molecular complexity index is 470. The number of hydrogen-bond acceptors (Lipinski definition) is 2. The van der Waals surface area contributed by atoms with Crippen LogP contribution in [0.3, 0.4) is 0 Å². The van der Waals surface area contributed by atoms with Gasteiger partial charge in [0.05, 0.1) is 0 Å². The number of amides is 1. The number of carbonyl (C=O) groups excluding carboxylic acids is 1. The first kappa shape index (κ1) is 12.6. The van der Waals surface area contributed by atoms with Crippen molar-refractivity contribution in [3.63, 3.8) is 0 Å². The molecule has 1 aromatic carbocycles. The average Bonchev–Trinajstić information content (AvgIpc) is 2.75. The van der Waals surface area contributed by atoms with Crippen molar-refractivity contribution in [2.45, 2.75) is 38.6 Å². The molecule has 1 aliphatic heterocycles. The van der Waals surface area contributed by atoms with Crippen molar-refractivity contribution in [3.8, 4) is 0 Å². The molecule has 0 spiro atoms. The maximum Gasteiger partial charge on any atom is 0.327 e. The number of unbranched alkanes of at least 4 members (excludes halogenated alkanes) is 1. The van der Waals surface area contributed by atoms with Crippen molar-refractivity contribution in [1.82, 2.24) is 0 Å². The van der Waals surface area contributed by atoms with E-state index in [1.807, 2.05) is 31.2 Å². The van der Waals surface area contributed by atoms with Gasteiger partial charge in [-0.2, -0.15) is 0 Å². The van der Waals surface area contributed by atoms with E-state index in [1.165, 1.54) is 4.90 Å². The van der Waals surface area contributed by atoms with Crippen LogP contribution in [-0.4, -0.2) is 23.0 Å². The third-order valence-corrected chi connectivity index (χ3v) is 3.27. The summed E-state index contributed by atoms with van der Waals surface area (Å²) in [6.07, 6.45) is 2.54. The number of carboxylic acid groups (broad SMARTS) is 1. The first-order chi connectivity index (χ1) is 8.65. The van der Waals surface area contributed by atoms with Crippen molar-refractivity contribution in [2.75, 3.05) is 4.90 Å². The number of rotatable bonds is 4. The quantitative estimate of drug-likeness (QED) is 0.887. The van der Waals surface area contributed by atoms with E-state index in [1.54, 1.807) is 0 Å².